The number of carbonyl (C=O) groups is 1. The molecule has 0 bridgehead atoms. The van der Waals surface area contributed by atoms with E-state index in [1.54, 1.807) is 0 Å². The number of hydrogen-bond donors (Lipinski definition) is 0. The zero-order chi connectivity index (χ0) is 21.7. The van der Waals surface area contributed by atoms with Gasteiger partial charge in [0.25, 0.3) is 0 Å². The Hall–Kier alpha value is -2.29. The number of ether oxygens (including phenoxy) is 2. The van der Waals surface area contributed by atoms with Crippen molar-refractivity contribution in [2.24, 2.45) is 0 Å². The van der Waals surface area contributed by atoms with E-state index >= 15 is 0 Å². The summed E-state index contributed by atoms with van der Waals surface area (Å²) in [4.78, 5) is 11.3. The Kier molecular flexibility index (Phi) is 16.1. The Morgan fingerprint density at radius 3 is 2.27 bits per heavy atom. The van der Waals surface area contributed by atoms with Crippen molar-refractivity contribution in [1.82, 2.24) is 0 Å². The molecule has 0 radical (unpaired) electrons. The molecule has 0 amide bonds. The molecule has 166 valence electrons. The molecule has 0 atom stereocenters. The van der Waals surface area contributed by atoms with E-state index in [-0.39, 0.29) is 12.4 Å². The second-order valence-electron chi connectivity index (χ2n) is 7.45. The number of hydrogen-bond acceptors (Lipinski definition) is 3. The number of unbranched alkanes of at least 4 members (excludes halogenated alkanes) is 6. The Balaban J connectivity index is 1.95. The molecule has 0 heterocycles. The third-order valence-corrected chi connectivity index (χ3v) is 4.79. The number of benzene rings is 1. The number of allylic oxidation sites excluding steroid dienone is 6. The van der Waals surface area contributed by atoms with Crippen LogP contribution in [0.5, 0.6) is 5.75 Å². The molecule has 0 unspecified atom stereocenters. The number of methoxy groups -OCH3 is 1. The van der Waals surface area contributed by atoms with Gasteiger partial charge in [-0.05, 0) is 56.2 Å². The normalized spacial score (nSPS) is 11.7. The Labute approximate surface area is 183 Å². The first kappa shape index (κ1) is 25.7. The molecule has 0 aliphatic heterocycles. The summed E-state index contributed by atoms with van der Waals surface area (Å²) in [6.07, 6.45) is 25.6. The minimum Gasteiger partial charge on any atom is -0.494 e. The fraction of sp³-hybridized carbons (Fsp3) is 0.519. The van der Waals surface area contributed by atoms with Crippen LogP contribution in [0.2, 0.25) is 0 Å². The monoisotopic (exact) mass is 412 g/mol. The summed E-state index contributed by atoms with van der Waals surface area (Å²) in [5.41, 5.74) is 0.925. The first-order valence-corrected chi connectivity index (χ1v) is 11.5. The standard InChI is InChI=1S/C27H40O3/c1-3-4-5-6-7-8-9-10-11-12-13-14-15-16-17-18-22-30-26-21-19-20-25(23-26)24-27(28)29-2/h4-5,7-8,10-11,19-21,23H,3,6,9,12-18,22,24H2,1-2H3/b5-4-,8-7-,11-10-. The van der Waals surface area contributed by atoms with Gasteiger partial charge >= 0.3 is 5.97 Å². The first-order valence-electron chi connectivity index (χ1n) is 11.5. The van der Waals surface area contributed by atoms with Gasteiger partial charge in [0.05, 0.1) is 20.1 Å². The minimum absolute atomic E-state index is 0.227. The van der Waals surface area contributed by atoms with Crippen LogP contribution in [0.3, 0.4) is 0 Å². The van der Waals surface area contributed by atoms with Crippen LogP contribution in [-0.4, -0.2) is 19.7 Å². The Bertz CT molecular complexity index is 643. The van der Waals surface area contributed by atoms with Gasteiger partial charge in [0.2, 0.25) is 0 Å². The van der Waals surface area contributed by atoms with Gasteiger partial charge in [-0.25, -0.2) is 0 Å². The zero-order valence-corrected chi connectivity index (χ0v) is 19.0. The van der Waals surface area contributed by atoms with Crippen molar-refractivity contribution in [2.45, 2.75) is 77.6 Å². The Morgan fingerprint density at radius 1 is 0.867 bits per heavy atom. The molecular formula is C27H40O3. The summed E-state index contributed by atoms with van der Waals surface area (Å²) >= 11 is 0. The van der Waals surface area contributed by atoms with Gasteiger partial charge < -0.3 is 9.47 Å². The van der Waals surface area contributed by atoms with E-state index in [2.05, 4.69) is 43.4 Å². The lowest BCUT2D eigenvalue weighted by Gasteiger charge is -2.08. The third-order valence-electron chi connectivity index (χ3n) is 4.79. The van der Waals surface area contributed by atoms with Crippen LogP contribution in [0, 0.1) is 0 Å². The van der Waals surface area contributed by atoms with Crippen molar-refractivity contribution in [1.29, 1.82) is 0 Å². The van der Waals surface area contributed by atoms with Crippen molar-refractivity contribution in [3.63, 3.8) is 0 Å². The van der Waals surface area contributed by atoms with Crippen molar-refractivity contribution in [3.8, 4) is 5.75 Å². The maximum atomic E-state index is 11.3. The number of carbonyl (C=O) groups excluding carboxylic acids is 1. The highest BCUT2D eigenvalue weighted by Gasteiger charge is 2.04. The minimum atomic E-state index is -0.227. The molecule has 0 aliphatic rings. The van der Waals surface area contributed by atoms with Gasteiger partial charge in [0.15, 0.2) is 0 Å². The molecular weight excluding hydrogens is 372 g/mol. The molecule has 0 N–H and O–H groups in total. The summed E-state index contributed by atoms with van der Waals surface area (Å²) in [5.74, 6) is 0.602. The smallest absolute Gasteiger partial charge is 0.309 e. The van der Waals surface area contributed by atoms with E-state index in [0.717, 1.165) is 43.6 Å². The second kappa shape index (κ2) is 18.7. The van der Waals surface area contributed by atoms with Crippen molar-refractivity contribution in [3.05, 3.63) is 66.3 Å². The summed E-state index contributed by atoms with van der Waals surface area (Å²) < 4.78 is 10.5. The Morgan fingerprint density at radius 2 is 1.53 bits per heavy atom. The predicted molar refractivity (Wildman–Crippen MR) is 127 cm³/mol. The van der Waals surface area contributed by atoms with Crippen LogP contribution in [0.4, 0.5) is 0 Å². The van der Waals surface area contributed by atoms with Crippen LogP contribution < -0.4 is 4.74 Å². The average Bonchev–Trinajstić information content (AvgIpc) is 2.76. The fourth-order valence-corrected chi connectivity index (χ4v) is 3.07. The van der Waals surface area contributed by atoms with Crippen molar-refractivity contribution < 1.29 is 14.3 Å². The van der Waals surface area contributed by atoms with E-state index in [4.69, 9.17) is 9.47 Å². The van der Waals surface area contributed by atoms with E-state index in [0.29, 0.717) is 0 Å². The van der Waals surface area contributed by atoms with Gasteiger partial charge in [0.1, 0.15) is 5.75 Å². The molecule has 30 heavy (non-hydrogen) atoms. The van der Waals surface area contributed by atoms with E-state index in [1.165, 1.54) is 45.6 Å². The van der Waals surface area contributed by atoms with Crippen molar-refractivity contribution >= 4 is 5.97 Å². The molecule has 0 aliphatic carbocycles. The molecule has 0 spiro atoms. The number of rotatable bonds is 17. The molecule has 0 aromatic heterocycles. The summed E-state index contributed by atoms with van der Waals surface area (Å²) in [7, 11) is 1.41. The van der Waals surface area contributed by atoms with Gasteiger partial charge in [-0.3, -0.25) is 4.79 Å². The molecule has 0 saturated carbocycles. The van der Waals surface area contributed by atoms with E-state index in [1.807, 2.05) is 24.3 Å². The highest BCUT2D eigenvalue weighted by Crippen LogP contribution is 2.15. The van der Waals surface area contributed by atoms with E-state index in [9.17, 15) is 4.79 Å². The molecule has 1 aromatic rings. The fourth-order valence-electron chi connectivity index (χ4n) is 3.07. The SMILES string of the molecule is CC/C=C\C/C=C\C/C=C\CCCCCCCCOc1cccc(CC(=O)OC)c1. The summed E-state index contributed by atoms with van der Waals surface area (Å²) in [5, 5.41) is 0. The van der Waals surface area contributed by atoms with Gasteiger partial charge in [-0.2, -0.15) is 0 Å². The quantitative estimate of drug-likeness (QED) is 0.152. The zero-order valence-electron chi connectivity index (χ0n) is 19.0. The third kappa shape index (κ3) is 14.7. The average molecular weight is 413 g/mol. The van der Waals surface area contributed by atoms with Crippen LogP contribution >= 0.6 is 0 Å². The highest BCUT2D eigenvalue weighted by atomic mass is 16.5. The van der Waals surface area contributed by atoms with Crippen LogP contribution in [0.1, 0.15) is 76.7 Å². The predicted octanol–water partition coefficient (Wildman–Crippen LogP) is 7.37. The maximum Gasteiger partial charge on any atom is 0.309 e. The molecule has 0 fully saturated rings. The maximum absolute atomic E-state index is 11.3. The van der Waals surface area contributed by atoms with Gasteiger partial charge in [-0.1, -0.05) is 81.2 Å². The lowest BCUT2D eigenvalue weighted by molar-refractivity contribution is -0.139. The number of esters is 1. The largest absolute Gasteiger partial charge is 0.494 e. The summed E-state index contributed by atoms with van der Waals surface area (Å²) in [6, 6.07) is 7.70. The van der Waals surface area contributed by atoms with Crippen LogP contribution in [-0.2, 0) is 16.0 Å². The van der Waals surface area contributed by atoms with Crippen molar-refractivity contribution in [2.75, 3.05) is 13.7 Å². The lowest BCUT2D eigenvalue weighted by atomic mass is 10.1. The summed E-state index contributed by atoms with van der Waals surface area (Å²) in [6.45, 7) is 2.89. The highest BCUT2D eigenvalue weighted by molar-refractivity contribution is 5.72. The van der Waals surface area contributed by atoms with E-state index < -0.39 is 0 Å². The van der Waals surface area contributed by atoms with Gasteiger partial charge in [-0.15, -0.1) is 0 Å². The molecule has 3 nitrogen and oxygen atoms in total. The molecule has 1 aromatic carbocycles. The first-order chi connectivity index (χ1) is 14.8. The van der Waals surface area contributed by atoms with Crippen LogP contribution in [0.25, 0.3) is 0 Å². The molecule has 0 saturated heterocycles. The topological polar surface area (TPSA) is 35.5 Å². The molecule has 3 heteroatoms. The molecule has 1 rings (SSSR count). The van der Waals surface area contributed by atoms with Gasteiger partial charge in [0, 0.05) is 0 Å². The van der Waals surface area contributed by atoms with Crippen LogP contribution in [0.15, 0.2) is 60.7 Å². The second-order valence-corrected chi connectivity index (χ2v) is 7.45. The lowest BCUT2D eigenvalue weighted by Crippen LogP contribution is -2.04.